The molecule has 0 aliphatic carbocycles. The first kappa shape index (κ1) is 19.0. The van der Waals surface area contributed by atoms with Gasteiger partial charge in [0.15, 0.2) is 11.5 Å². The molecule has 1 aliphatic heterocycles. The summed E-state index contributed by atoms with van der Waals surface area (Å²) < 4.78 is 16.1. The van der Waals surface area contributed by atoms with Gasteiger partial charge in [0.25, 0.3) is 0 Å². The van der Waals surface area contributed by atoms with Crippen molar-refractivity contribution < 1.29 is 14.2 Å². The van der Waals surface area contributed by atoms with E-state index in [1.807, 2.05) is 30.3 Å². The van der Waals surface area contributed by atoms with E-state index in [0.29, 0.717) is 0 Å². The molecule has 1 atom stereocenters. The topological polar surface area (TPSA) is 39.7 Å². The number of methoxy groups -OCH3 is 3. The lowest BCUT2D eigenvalue weighted by atomic mass is 9.93. The summed E-state index contributed by atoms with van der Waals surface area (Å²) in [7, 11) is 4.97. The number of halogens is 1. The van der Waals surface area contributed by atoms with Crippen LogP contribution in [-0.4, -0.2) is 27.9 Å². The molecule has 5 heteroatoms. The molecule has 2 aromatic carbocycles. The zero-order valence-electron chi connectivity index (χ0n) is 14.6. The van der Waals surface area contributed by atoms with Gasteiger partial charge in [0.1, 0.15) is 5.75 Å². The molecule has 0 fully saturated rings. The van der Waals surface area contributed by atoms with Crippen molar-refractivity contribution in [3.05, 3.63) is 53.1 Å². The van der Waals surface area contributed by atoms with Gasteiger partial charge in [-0.15, -0.1) is 12.4 Å². The Kier molecular flexibility index (Phi) is 6.58. The molecule has 2 aromatic rings. The van der Waals surface area contributed by atoms with Gasteiger partial charge in [-0.3, -0.25) is 5.32 Å². The van der Waals surface area contributed by atoms with E-state index in [1.54, 1.807) is 21.3 Å². The molecule has 25 heavy (non-hydrogen) atoms. The van der Waals surface area contributed by atoms with Crippen LogP contribution in [-0.2, 0) is 6.42 Å². The van der Waals surface area contributed by atoms with E-state index >= 15 is 0 Å². The van der Waals surface area contributed by atoms with Crippen LogP contribution in [0.3, 0.4) is 0 Å². The molecule has 1 N–H and O–H groups in total. The van der Waals surface area contributed by atoms with Crippen molar-refractivity contribution in [3.63, 3.8) is 0 Å². The standard InChI is InChI=1S/C20H21NO3.ClH/c1-22-16-6-4-5-14(11-16)7-8-18-17-13-20(24-3)19(23-2)12-15(17)9-10-21-18;/h4-6,11-13,18,21H,9-10H2,1-3H3;1H. The van der Waals surface area contributed by atoms with Crippen LogP contribution in [0.4, 0.5) is 0 Å². The Bertz CT molecular complexity index is 795. The second-order valence-electron chi connectivity index (χ2n) is 5.54. The van der Waals surface area contributed by atoms with E-state index < -0.39 is 0 Å². The molecule has 0 aromatic heterocycles. The molecule has 0 saturated carbocycles. The average Bonchev–Trinajstić information content (AvgIpc) is 2.65. The summed E-state index contributed by atoms with van der Waals surface area (Å²) in [5.41, 5.74) is 3.33. The Hall–Kier alpha value is -2.35. The van der Waals surface area contributed by atoms with Crippen LogP contribution in [0.5, 0.6) is 17.2 Å². The van der Waals surface area contributed by atoms with Crippen molar-refractivity contribution in [2.45, 2.75) is 12.5 Å². The zero-order valence-corrected chi connectivity index (χ0v) is 15.4. The van der Waals surface area contributed by atoms with E-state index in [2.05, 4.69) is 23.2 Å². The van der Waals surface area contributed by atoms with Crippen LogP contribution in [0.25, 0.3) is 0 Å². The van der Waals surface area contributed by atoms with Gasteiger partial charge >= 0.3 is 0 Å². The Balaban J connectivity index is 0.00000225. The van der Waals surface area contributed by atoms with E-state index in [4.69, 9.17) is 14.2 Å². The lowest BCUT2D eigenvalue weighted by molar-refractivity contribution is 0.353. The first-order valence-electron chi connectivity index (χ1n) is 7.89. The smallest absolute Gasteiger partial charge is 0.161 e. The van der Waals surface area contributed by atoms with Gasteiger partial charge in [-0.25, -0.2) is 0 Å². The summed E-state index contributed by atoms with van der Waals surface area (Å²) in [6.07, 6.45) is 0.951. The van der Waals surface area contributed by atoms with Gasteiger partial charge in [-0.2, -0.15) is 0 Å². The van der Waals surface area contributed by atoms with Crippen LogP contribution in [0.2, 0.25) is 0 Å². The molecule has 0 amide bonds. The molecule has 4 nitrogen and oxygen atoms in total. The number of hydrogen-bond donors (Lipinski definition) is 1. The molecule has 0 radical (unpaired) electrons. The van der Waals surface area contributed by atoms with E-state index in [9.17, 15) is 0 Å². The Morgan fingerprint density at radius 1 is 1.00 bits per heavy atom. The van der Waals surface area contributed by atoms with Crippen molar-refractivity contribution in [1.29, 1.82) is 0 Å². The molecular weight excluding hydrogens is 338 g/mol. The SMILES string of the molecule is COc1cccc(C#CC2NCCc3cc(OC)c(OC)cc32)c1.Cl. The zero-order chi connectivity index (χ0) is 16.9. The second kappa shape index (κ2) is 8.66. The predicted octanol–water partition coefficient (Wildman–Crippen LogP) is 3.37. The maximum Gasteiger partial charge on any atom is 0.161 e. The maximum atomic E-state index is 5.43. The van der Waals surface area contributed by atoms with Crippen molar-refractivity contribution in [2.75, 3.05) is 27.9 Å². The molecule has 132 valence electrons. The third-order valence-corrected chi connectivity index (χ3v) is 4.13. The molecule has 3 rings (SSSR count). The van der Waals surface area contributed by atoms with E-state index in [0.717, 1.165) is 41.3 Å². The summed E-state index contributed by atoms with van der Waals surface area (Å²) in [6, 6.07) is 11.8. The van der Waals surface area contributed by atoms with Crippen molar-refractivity contribution in [1.82, 2.24) is 5.32 Å². The molecule has 1 aliphatic rings. The highest BCUT2D eigenvalue weighted by Gasteiger charge is 2.21. The number of fused-ring (bicyclic) bond motifs is 1. The minimum Gasteiger partial charge on any atom is -0.497 e. The van der Waals surface area contributed by atoms with Gasteiger partial charge in [0.2, 0.25) is 0 Å². The predicted molar refractivity (Wildman–Crippen MR) is 101 cm³/mol. The quantitative estimate of drug-likeness (QED) is 0.853. The fourth-order valence-corrected chi connectivity index (χ4v) is 2.87. The Morgan fingerprint density at radius 2 is 1.76 bits per heavy atom. The fourth-order valence-electron chi connectivity index (χ4n) is 2.87. The second-order valence-corrected chi connectivity index (χ2v) is 5.54. The first-order chi connectivity index (χ1) is 11.7. The summed E-state index contributed by atoms with van der Waals surface area (Å²) in [4.78, 5) is 0. The summed E-state index contributed by atoms with van der Waals surface area (Å²) >= 11 is 0. The van der Waals surface area contributed by atoms with E-state index in [-0.39, 0.29) is 18.4 Å². The van der Waals surface area contributed by atoms with Crippen molar-refractivity contribution >= 4 is 12.4 Å². The van der Waals surface area contributed by atoms with Crippen molar-refractivity contribution in [2.24, 2.45) is 0 Å². The number of hydrogen-bond acceptors (Lipinski definition) is 4. The van der Waals surface area contributed by atoms with Gasteiger partial charge in [-0.1, -0.05) is 17.9 Å². The minimum absolute atomic E-state index is 0. The number of ether oxygens (including phenoxy) is 3. The molecule has 0 spiro atoms. The molecule has 0 saturated heterocycles. The lowest BCUT2D eigenvalue weighted by Gasteiger charge is -2.24. The average molecular weight is 360 g/mol. The van der Waals surface area contributed by atoms with Crippen LogP contribution in [0.1, 0.15) is 22.7 Å². The normalized spacial score (nSPS) is 15.1. The molecular formula is C20H22ClNO3. The summed E-state index contributed by atoms with van der Waals surface area (Å²) in [6.45, 7) is 0.889. The van der Waals surface area contributed by atoms with Gasteiger partial charge < -0.3 is 14.2 Å². The summed E-state index contributed by atoms with van der Waals surface area (Å²) in [5.74, 6) is 8.85. The minimum atomic E-state index is -0.0280. The van der Waals surface area contributed by atoms with Crippen molar-refractivity contribution in [3.8, 4) is 29.1 Å². The third-order valence-electron chi connectivity index (χ3n) is 4.13. The Morgan fingerprint density at radius 3 is 2.48 bits per heavy atom. The summed E-state index contributed by atoms with van der Waals surface area (Å²) in [5, 5.41) is 3.46. The number of rotatable bonds is 3. The highest BCUT2D eigenvalue weighted by molar-refractivity contribution is 5.85. The highest BCUT2D eigenvalue weighted by Crippen LogP contribution is 2.34. The van der Waals surface area contributed by atoms with Gasteiger partial charge in [-0.05, 0) is 47.9 Å². The molecule has 1 heterocycles. The van der Waals surface area contributed by atoms with Gasteiger partial charge in [0.05, 0.1) is 27.4 Å². The Labute approximate surface area is 154 Å². The fraction of sp³-hybridized carbons (Fsp3) is 0.300. The lowest BCUT2D eigenvalue weighted by Crippen LogP contribution is -2.29. The number of benzene rings is 2. The number of nitrogens with one attached hydrogen (secondary N) is 1. The first-order valence-corrected chi connectivity index (χ1v) is 7.89. The maximum absolute atomic E-state index is 5.43. The monoisotopic (exact) mass is 359 g/mol. The third kappa shape index (κ3) is 4.19. The van der Waals surface area contributed by atoms with Crippen LogP contribution in [0.15, 0.2) is 36.4 Å². The van der Waals surface area contributed by atoms with Gasteiger partial charge in [0, 0.05) is 12.1 Å². The largest absolute Gasteiger partial charge is 0.497 e. The molecule has 1 unspecified atom stereocenters. The van der Waals surface area contributed by atoms with Crippen LogP contribution in [0, 0.1) is 11.8 Å². The van der Waals surface area contributed by atoms with Crippen LogP contribution >= 0.6 is 12.4 Å². The highest BCUT2D eigenvalue weighted by atomic mass is 35.5. The molecule has 0 bridgehead atoms. The van der Waals surface area contributed by atoms with Crippen LogP contribution < -0.4 is 19.5 Å². The van der Waals surface area contributed by atoms with E-state index in [1.165, 1.54) is 5.56 Å².